The Morgan fingerprint density at radius 1 is 1.24 bits per heavy atom. The predicted octanol–water partition coefficient (Wildman–Crippen LogP) is 3.24. The number of aromatic hydroxyl groups is 1. The minimum Gasteiger partial charge on any atom is -0.508 e. The summed E-state index contributed by atoms with van der Waals surface area (Å²) in [5.74, 6) is 1.11. The molecule has 2 rings (SSSR count). The lowest BCUT2D eigenvalue weighted by molar-refractivity contribution is -0.0102. The number of rotatable bonds is 6. The van der Waals surface area contributed by atoms with E-state index in [0.717, 1.165) is 38.0 Å². The van der Waals surface area contributed by atoms with E-state index in [9.17, 15) is 10.2 Å². The van der Waals surface area contributed by atoms with Gasteiger partial charge in [-0.1, -0.05) is 25.5 Å². The lowest BCUT2D eigenvalue weighted by Gasteiger charge is -2.36. The van der Waals surface area contributed by atoms with Crippen molar-refractivity contribution in [1.82, 2.24) is 5.32 Å². The molecule has 3 nitrogen and oxygen atoms in total. The molecular formula is C18H29NO2. The van der Waals surface area contributed by atoms with Crippen LogP contribution in [0.15, 0.2) is 24.3 Å². The number of benzene rings is 1. The first-order chi connectivity index (χ1) is 10.0. The molecule has 1 fully saturated rings. The van der Waals surface area contributed by atoms with Gasteiger partial charge in [0.25, 0.3) is 0 Å². The SMILES string of the molecule is CCC1CCC(O)(CNC(C)Cc2ccc(O)cc2)CC1. The largest absolute Gasteiger partial charge is 0.508 e. The monoisotopic (exact) mass is 291 g/mol. The first-order valence-corrected chi connectivity index (χ1v) is 8.24. The third-order valence-electron chi connectivity index (χ3n) is 4.87. The molecule has 0 aliphatic heterocycles. The maximum Gasteiger partial charge on any atom is 0.115 e. The molecule has 1 saturated carbocycles. The number of hydrogen-bond acceptors (Lipinski definition) is 3. The van der Waals surface area contributed by atoms with Crippen LogP contribution in [0.4, 0.5) is 0 Å². The van der Waals surface area contributed by atoms with Crippen molar-refractivity contribution in [1.29, 1.82) is 0 Å². The average Bonchev–Trinajstić information content (AvgIpc) is 2.49. The van der Waals surface area contributed by atoms with E-state index >= 15 is 0 Å². The zero-order chi connectivity index (χ0) is 15.3. The number of phenols is 1. The average molecular weight is 291 g/mol. The summed E-state index contributed by atoms with van der Waals surface area (Å²) in [6, 6.07) is 7.68. The van der Waals surface area contributed by atoms with Gasteiger partial charge in [-0.2, -0.15) is 0 Å². The Balaban J connectivity index is 1.75. The molecule has 1 unspecified atom stereocenters. The maximum atomic E-state index is 10.6. The maximum absolute atomic E-state index is 10.6. The first kappa shape index (κ1) is 16.3. The highest BCUT2D eigenvalue weighted by molar-refractivity contribution is 5.26. The first-order valence-electron chi connectivity index (χ1n) is 8.24. The fraction of sp³-hybridized carbons (Fsp3) is 0.667. The fourth-order valence-electron chi connectivity index (χ4n) is 3.22. The van der Waals surface area contributed by atoms with Crippen LogP contribution in [-0.2, 0) is 6.42 Å². The molecule has 1 aliphatic rings. The van der Waals surface area contributed by atoms with Crippen molar-refractivity contribution in [2.45, 2.75) is 64.0 Å². The van der Waals surface area contributed by atoms with E-state index in [0.29, 0.717) is 18.3 Å². The molecule has 0 saturated heterocycles. The highest BCUT2D eigenvalue weighted by atomic mass is 16.3. The summed E-state index contributed by atoms with van der Waals surface area (Å²) in [5.41, 5.74) is 0.684. The van der Waals surface area contributed by atoms with Crippen molar-refractivity contribution >= 4 is 0 Å². The fourth-order valence-corrected chi connectivity index (χ4v) is 3.22. The molecule has 1 atom stereocenters. The summed E-state index contributed by atoms with van der Waals surface area (Å²) in [4.78, 5) is 0. The van der Waals surface area contributed by atoms with Gasteiger partial charge in [0.15, 0.2) is 0 Å². The Hall–Kier alpha value is -1.06. The molecule has 1 aliphatic carbocycles. The molecule has 0 bridgehead atoms. The summed E-state index contributed by atoms with van der Waals surface area (Å²) >= 11 is 0. The van der Waals surface area contributed by atoms with Gasteiger partial charge in [0, 0.05) is 12.6 Å². The van der Waals surface area contributed by atoms with Crippen LogP contribution in [0.1, 0.15) is 51.5 Å². The van der Waals surface area contributed by atoms with Gasteiger partial charge in [-0.25, -0.2) is 0 Å². The molecule has 1 aromatic rings. The second-order valence-electron chi connectivity index (χ2n) is 6.73. The molecule has 21 heavy (non-hydrogen) atoms. The van der Waals surface area contributed by atoms with E-state index in [-0.39, 0.29) is 0 Å². The van der Waals surface area contributed by atoms with Gasteiger partial charge >= 0.3 is 0 Å². The third-order valence-corrected chi connectivity index (χ3v) is 4.87. The summed E-state index contributed by atoms with van der Waals surface area (Å²) in [5, 5.41) is 23.4. The van der Waals surface area contributed by atoms with Gasteiger partial charge in [0.2, 0.25) is 0 Å². The lowest BCUT2D eigenvalue weighted by atomic mass is 9.78. The van der Waals surface area contributed by atoms with Crippen molar-refractivity contribution in [3.63, 3.8) is 0 Å². The van der Waals surface area contributed by atoms with Crippen LogP contribution in [0, 0.1) is 5.92 Å². The molecule has 118 valence electrons. The zero-order valence-electron chi connectivity index (χ0n) is 13.3. The van der Waals surface area contributed by atoms with E-state index in [1.807, 2.05) is 12.1 Å². The zero-order valence-corrected chi connectivity index (χ0v) is 13.3. The van der Waals surface area contributed by atoms with Crippen LogP contribution in [0.5, 0.6) is 5.75 Å². The van der Waals surface area contributed by atoms with Gasteiger partial charge in [0.1, 0.15) is 5.75 Å². The number of nitrogens with one attached hydrogen (secondary N) is 1. The van der Waals surface area contributed by atoms with E-state index < -0.39 is 5.60 Å². The summed E-state index contributed by atoms with van der Waals surface area (Å²) in [6.45, 7) is 5.07. The van der Waals surface area contributed by atoms with Crippen LogP contribution in [0.2, 0.25) is 0 Å². The summed E-state index contributed by atoms with van der Waals surface area (Å²) in [6.07, 6.45) is 6.30. The minimum absolute atomic E-state index is 0.307. The predicted molar refractivity (Wildman–Crippen MR) is 86.5 cm³/mol. The Kier molecular flexibility index (Phi) is 5.65. The molecule has 0 amide bonds. The third kappa shape index (κ3) is 5.01. The van der Waals surface area contributed by atoms with E-state index in [4.69, 9.17) is 0 Å². The highest BCUT2D eigenvalue weighted by Gasteiger charge is 2.32. The molecule has 0 spiro atoms. The lowest BCUT2D eigenvalue weighted by Crippen LogP contribution is -2.46. The topological polar surface area (TPSA) is 52.5 Å². The number of phenolic OH excluding ortho intramolecular Hbond substituents is 1. The standard InChI is InChI=1S/C18H29NO2/c1-3-15-8-10-18(21,11-9-15)13-19-14(2)12-16-4-6-17(20)7-5-16/h4-7,14-15,19-21H,3,8-13H2,1-2H3. The van der Waals surface area contributed by atoms with Crippen molar-refractivity contribution in [2.75, 3.05) is 6.54 Å². The van der Waals surface area contributed by atoms with Crippen molar-refractivity contribution in [3.8, 4) is 5.75 Å². The van der Waals surface area contributed by atoms with Crippen molar-refractivity contribution < 1.29 is 10.2 Å². The molecular weight excluding hydrogens is 262 g/mol. The smallest absolute Gasteiger partial charge is 0.115 e. The van der Waals surface area contributed by atoms with Crippen LogP contribution in [0.3, 0.4) is 0 Å². The summed E-state index contributed by atoms with van der Waals surface area (Å²) < 4.78 is 0. The molecule has 1 aromatic carbocycles. The number of hydrogen-bond donors (Lipinski definition) is 3. The second kappa shape index (κ2) is 7.28. The molecule has 0 heterocycles. The van der Waals surface area contributed by atoms with E-state index in [1.54, 1.807) is 12.1 Å². The van der Waals surface area contributed by atoms with Crippen LogP contribution in [0.25, 0.3) is 0 Å². The Morgan fingerprint density at radius 3 is 2.43 bits per heavy atom. The highest BCUT2D eigenvalue weighted by Crippen LogP contribution is 2.33. The normalized spacial score (nSPS) is 27.5. The summed E-state index contributed by atoms with van der Waals surface area (Å²) in [7, 11) is 0. The quantitative estimate of drug-likeness (QED) is 0.754. The Morgan fingerprint density at radius 2 is 1.86 bits per heavy atom. The number of aliphatic hydroxyl groups is 1. The van der Waals surface area contributed by atoms with E-state index in [1.165, 1.54) is 12.0 Å². The van der Waals surface area contributed by atoms with Gasteiger partial charge in [-0.05, 0) is 62.6 Å². The van der Waals surface area contributed by atoms with Gasteiger partial charge < -0.3 is 15.5 Å². The van der Waals surface area contributed by atoms with Gasteiger partial charge in [-0.3, -0.25) is 0 Å². The van der Waals surface area contributed by atoms with Crippen molar-refractivity contribution in [3.05, 3.63) is 29.8 Å². The van der Waals surface area contributed by atoms with Crippen LogP contribution >= 0.6 is 0 Å². The van der Waals surface area contributed by atoms with Gasteiger partial charge in [-0.15, -0.1) is 0 Å². The Bertz CT molecular complexity index is 421. The molecule has 0 aromatic heterocycles. The van der Waals surface area contributed by atoms with Crippen LogP contribution < -0.4 is 5.32 Å². The second-order valence-corrected chi connectivity index (χ2v) is 6.73. The Labute approximate surface area is 128 Å². The molecule has 3 N–H and O–H groups in total. The molecule has 3 heteroatoms. The minimum atomic E-state index is -0.519. The van der Waals surface area contributed by atoms with Crippen LogP contribution in [-0.4, -0.2) is 28.4 Å². The van der Waals surface area contributed by atoms with E-state index in [2.05, 4.69) is 19.2 Å². The van der Waals surface area contributed by atoms with Gasteiger partial charge in [0.05, 0.1) is 5.60 Å². The van der Waals surface area contributed by atoms with Crippen molar-refractivity contribution in [2.24, 2.45) is 5.92 Å². The molecule has 0 radical (unpaired) electrons.